The number of rotatable bonds is 9. The predicted molar refractivity (Wildman–Crippen MR) is 139 cm³/mol. The van der Waals surface area contributed by atoms with Crippen molar-refractivity contribution in [2.45, 2.75) is 58.7 Å². The maximum Gasteiger partial charge on any atom is 0.431 e. The number of aromatic hydroxyl groups is 1. The van der Waals surface area contributed by atoms with E-state index in [1.54, 1.807) is 13.8 Å². The Kier molecular flexibility index (Phi) is 9.79. The quantitative estimate of drug-likeness (QED) is 0.141. The summed E-state index contributed by atoms with van der Waals surface area (Å²) in [7, 11) is 0. The number of aliphatic hydroxyl groups excluding tert-OH is 1. The topological polar surface area (TPSA) is 158 Å². The van der Waals surface area contributed by atoms with Crippen molar-refractivity contribution in [3.63, 3.8) is 0 Å². The van der Waals surface area contributed by atoms with Crippen LogP contribution in [0.4, 0.5) is 4.79 Å². The molecule has 0 bridgehead atoms. The molecule has 0 aliphatic carbocycles. The third kappa shape index (κ3) is 6.44. The molecule has 1 amide bonds. The van der Waals surface area contributed by atoms with Gasteiger partial charge in [-0.2, -0.15) is 5.48 Å². The van der Waals surface area contributed by atoms with Gasteiger partial charge in [-0.05, 0) is 32.4 Å². The number of hydrogen-bond acceptors (Lipinski definition) is 11. The number of ether oxygens (including phenoxy) is 3. The van der Waals surface area contributed by atoms with Crippen LogP contribution in [0.5, 0.6) is 11.5 Å². The maximum absolute atomic E-state index is 12.7. The molecule has 1 aliphatic heterocycles. The highest BCUT2D eigenvalue weighted by Crippen LogP contribution is 2.36. The van der Waals surface area contributed by atoms with Crippen molar-refractivity contribution in [1.82, 2.24) is 5.48 Å². The normalized spacial score (nSPS) is 22.9. The van der Waals surface area contributed by atoms with Crippen LogP contribution in [-0.2, 0) is 19.1 Å². The molecule has 1 saturated heterocycles. The Morgan fingerprint density at radius 1 is 1.26 bits per heavy atom. The fraction of sp³-hybridized carbons (Fsp3) is 0.444. The molecule has 0 radical (unpaired) electrons. The molecule has 1 fully saturated rings. The van der Waals surface area contributed by atoms with Crippen molar-refractivity contribution in [1.29, 1.82) is 0 Å². The van der Waals surface area contributed by atoms with E-state index in [-0.39, 0.29) is 52.9 Å². The zero-order chi connectivity index (χ0) is 28.7. The lowest BCUT2D eigenvalue weighted by Crippen LogP contribution is -2.57. The summed E-state index contributed by atoms with van der Waals surface area (Å²) in [5.74, 6) is 3.89. The van der Waals surface area contributed by atoms with Crippen LogP contribution >= 0.6 is 0 Å². The Labute approximate surface area is 224 Å². The van der Waals surface area contributed by atoms with E-state index < -0.39 is 36.3 Å². The molecular formula is C27H30N2O10. The van der Waals surface area contributed by atoms with E-state index in [1.807, 2.05) is 12.4 Å². The molecule has 208 valence electrons. The van der Waals surface area contributed by atoms with Crippen LogP contribution in [0.15, 0.2) is 26.5 Å². The maximum atomic E-state index is 12.7. The van der Waals surface area contributed by atoms with Crippen LogP contribution in [0.2, 0.25) is 0 Å². The van der Waals surface area contributed by atoms with Crippen molar-refractivity contribution in [3.05, 3.63) is 33.7 Å². The average molecular weight is 543 g/mol. The van der Waals surface area contributed by atoms with Crippen LogP contribution in [0.25, 0.3) is 11.0 Å². The molecule has 1 aromatic heterocycles. The fourth-order valence-corrected chi connectivity index (χ4v) is 4.23. The number of aliphatic hydroxyl groups is 1. The molecule has 5 atom stereocenters. The van der Waals surface area contributed by atoms with Gasteiger partial charge in [-0.1, -0.05) is 30.8 Å². The lowest BCUT2D eigenvalue weighted by Gasteiger charge is -2.42. The van der Waals surface area contributed by atoms with E-state index in [9.17, 15) is 19.8 Å². The van der Waals surface area contributed by atoms with Crippen LogP contribution in [0.3, 0.4) is 0 Å². The minimum absolute atomic E-state index is 0.0552. The minimum atomic E-state index is -1.39. The van der Waals surface area contributed by atoms with E-state index in [0.29, 0.717) is 12.0 Å². The van der Waals surface area contributed by atoms with E-state index in [2.05, 4.69) is 17.0 Å². The van der Waals surface area contributed by atoms with Gasteiger partial charge in [0, 0.05) is 11.5 Å². The zero-order valence-electron chi connectivity index (χ0n) is 21.9. The van der Waals surface area contributed by atoms with Gasteiger partial charge < -0.3 is 33.7 Å². The Hall–Kier alpha value is -4.23. The summed E-state index contributed by atoms with van der Waals surface area (Å²) < 4.78 is 22.8. The molecule has 3 N–H and O–H groups in total. The number of hydroxylamine groups is 1. The summed E-state index contributed by atoms with van der Waals surface area (Å²) >= 11 is 0. The number of carbonyl (C=O) groups excluding carboxylic acids is 1. The number of aryl methyl sites for hydroxylation is 1. The molecule has 2 heterocycles. The number of terminal acetylenes is 2. The van der Waals surface area contributed by atoms with Crippen LogP contribution < -0.4 is 15.8 Å². The number of fused-ring (bicyclic) bond motifs is 1. The molecule has 12 heteroatoms. The molecule has 1 aromatic carbocycles. The second-order valence-electron chi connectivity index (χ2n) is 8.72. The molecule has 3 rings (SSSR count). The predicted octanol–water partition coefficient (Wildman–Crippen LogP) is 2.35. The first-order chi connectivity index (χ1) is 18.6. The van der Waals surface area contributed by atoms with E-state index in [4.69, 9.17) is 41.1 Å². The second kappa shape index (κ2) is 13.0. The van der Waals surface area contributed by atoms with Gasteiger partial charge in [-0.15, -0.1) is 12.8 Å². The Bertz CT molecular complexity index is 1370. The second-order valence-corrected chi connectivity index (χ2v) is 8.72. The number of nitrogens with one attached hydrogen (secondary N) is 1. The average Bonchev–Trinajstić information content (AvgIpc) is 2.90. The zero-order valence-corrected chi connectivity index (χ0v) is 21.9. The lowest BCUT2D eigenvalue weighted by atomic mass is 9.89. The molecule has 12 nitrogen and oxygen atoms in total. The smallest absolute Gasteiger partial charge is 0.431 e. The number of amides is 1. The number of benzene rings is 1. The molecule has 0 saturated carbocycles. The highest BCUT2D eigenvalue weighted by molar-refractivity contribution is 6.04. The minimum Gasteiger partial charge on any atom is -0.506 e. The van der Waals surface area contributed by atoms with Gasteiger partial charge in [-0.25, -0.2) is 9.59 Å². The summed E-state index contributed by atoms with van der Waals surface area (Å²) in [4.78, 5) is 34.5. The lowest BCUT2D eigenvalue weighted by molar-refractivity contribution is -0.255. The molecular weight excluding hydrogens is 512 g/mol. The molecule has 1 unspecified atom stereocenters. The largest absolute Gasteiger partial charge is 0.506 e. The number of nitrogens with zero attached hydrogens (tertiary/aromatic N) is 1. The molecule has 1 aliphatic rings. The van der Waals surface area contributed by atoms with Gasteiger partial charge in [0.15, 0.2) is 12.7 Å². The molecule has 39 heavy (non-hydrogen) atoms. The summed E-state index contributed by atoms with van der Waals surface area (Å²) in [6.45, 7) is 6.45. The van der Waals surface area contributed by atoms with E-state index >= 15 is 0 Å². The van der Waals surface area contributed by atoms with E-state index in [1.165, 1.54) is 19.1 Å². The van der Waals surface area contributed by atoms with Gasteiger partial charge in [0.25, 0.3) is 0 Å². The standard InChI is InChI=1S/C27H30N2O10/c1-7-12-34-28-16(6)20-21(30)17-10-11-19(15(5)23(17)38-25(20)32)37-26-22(31)24(14(4)18(9-3)36-26)39-27(33)29-35-13-8-2/h1-2,10-11,14,18,22,24,26,30-31H,9,12-13H2,3-6H3,(H,29,33)/b28-16-/t14-,18-,22+,24+,26?/m0/s1. The van der Waals surface area contributed by atoms with Crippen LogP contribution in [-0.4, -0.2) is 59.8 Å². The van der Waals surface area contributed by atoms with Gasteiger partial charge in [0.05, 0.1) is 17.2 Å². The summed E-state index contributed by atoms with van der Waals surface area (Å²) in [5.41, 5.74) is 1.50. The van der Waals surface area contributed by atoms with Crippen molar-refractivity contribution >= 4 is 22.8 Å². The summed E-state index contributed by atoms with van der Waals surface area (Å²) in [5, 5.41) is 25.8. The number of hydrogen-bond donors (Lipinski definition) is 3. The number of carbonyl (C=O) groups is 1. The Morgan fingerprint density at radius 2 is 1.97 bits per heavy atom. The van der Waals surface area contributed by atoms with E-state index in [0.717, 1.165) is 0 Å². The monoisotopic (exact) mass is 542 g/mol. The third-order valence-corrected chi connectivity index (χ3v) is 6.19. The van der Waals surface area contributed by atoms with Crippen LogP contribution in [0.1, 0.15) is 38.3 Å². The SMILES string of the molecule is C#CCO/N=C(/C)c1c(O)c2ccc(OC3O[C@@H](CC)[C@H](C)[C@@H](OC(=O)NOCC#C)[C@H]3O)c(C)c2oc1=O. The van der Waals surface area contributed by atoms with Gasteiger partial charge in [0.1, 0.15) is 35.4 Å². The van der Waals surface area contributed by atoms with Crippen molar-refractivity contribution in [3.8, 4) is 36.2 Å². The Balaban J connectivity index is 1.90. The third-order valence-electron chi connectivity index (χ3n) is 6.19. The molecule has 2 aromatic rings. The van der Waals surface area contributed by atoms with Crippen molar-refractivity contribution < 1.29 is 43.3 Å². The van der Waals surface area contributed by atoms with Crippen LogP contribution in [0, 0.1) is 37.5 Å². The van der Waals surface area contributed by atoms with Crippen molar-refractivity contribution in [2.75, 3.05) is 13.2 Å². The summed E-state index contributed by atoms with van der Waals surface area (Å²) in [6.07, 6.45) is 5.75. The molecule has 0 spiro atoms. The highest BCUT2D eigenvalue weighted by Gasteiger charge is 2.46. The highest BCUT2D eigenvalue weighted by atomic mass is 16.7. The number of oxime groups is 1. The first-order valence-corrected chi connectivity index (χ1v) is 12.1. The summed E-state index contributed by atoms with van der Waals surface area (Å²) in [6, 6.07) is 3.00. The van der Waals surface area contributed by atoms with Gasteiger partial charge in [-0.3, -0.25) is 4.84 Å². The van der Waals surface area contributed by atoms with Gasteiger partial charge >= 0.3 is 11.7 Å². The van der Waals surface area contributed by atoms with Gasteiger partial charge in [0.2, 0.25) is 6.29 Å². The fourth-order valence-electron chi connectivity index (χ4n) is 4.23. The van der Waals surface area contributed by atoms with Crippen molar-refractivity contribution in [2.24, 2.45) is 11.1 Å². The first-order valence-electron chi connectivity index (χ1n) is 12.1. The Morgan fingerprint density at radius 3 is 2.64 bits per heavy atom. The first kappa shape index (κ1) is 29.3.